The molecule has 1 fully saturated rings. The Balaban J connectivity index is 1.56. The molecule has 2 rings (SSSR count). The summed E-state index contributed by atoms with van der Waals surface area (Å²) in [7, 11) is 0. The predicted octanol–water partition coefficient (Wildman–Crippen LogP) is 7.53. The molecule has 0 bridgehead atoms. The van der Waals surface area contributed by atoms with E-state index in [-0.39, 0.29) is 11.7 Å². The van der Waals surface area contributed by atoms with Gasteiger partial charge in [0, 0.05) is 6.42 Å². The molecule has 0 aliphatic heterocycles. The molecule has 0 unspecified atom stereocenters. The summed E-state index contributed by atoms with van der Waals surface area (Å²) < 4.78 is 33.9. The molecule has 164 valence electrons. The van der Waals surface area contributed by atoms with Crippen molar-refractivity contribution in [1.29, 1.82) is 0 Å². The highest BCUT2D eigenvalue weighted by atomic mass is 19.3. The van der Waals surface area contributed by atoms with Crippen LogP contribution in [0.4, 0.5) is 8.78 Å². The zero-order valence-electron chi connectivity index (χ0n) is 17.7. The Kier molecular flexibility index (Phi) is 11.0. The summed E-state index contributed by atoms with van der Waals surface area (Å²) in [6, 6.07) is 5.70. The Hall–Kier alpha value is -1.65. The Morgan fingerprint density at radius 3 is 2.07 bits per heavy atom. The Bertz CT molecular complexity index is 566. The number of unbranched alkanes of at least 4 members (excludes halogenated alkanes) is 5. The number of carbonyl (C=O) groups excluding carboxylic acids is 1. The second-order valence-electron chi connectivity index (χ2n) is 8.31. The van der Waals surface area contributed by atoms with E-state index in [2.05, 4.69) is 11.7 Å². The molecule has 0 aromatic heterocycles. The van der Waals surface area contributed by atoms with Gasteiger partial charge in [-0.05, 0) is 42.5 Å². The molecule has 1 saturated carbocycles. The highest BCUT2D eigenvalue weighted by Crippen LogP contribution is 2.34. The molecular formula is C24H36F2O3. The van der Waals surface area contributed by atoms with Crippen LogP contribution in [-0.4, -0.2) is 12.6 Å². The maximum atomic E-state index is 12.1. The molecule has 1 aliphatic carbocycles. The molecule has 0 saturated heterocycles. The quantitative estimate of drug-likeness (QED) is 0.191. The molecule has 0 atom stereocenters. The van der Waals surface area contributed by atoms with Crippen LogP contribution < -0.4 is 9.47 Å². The van der Waals surface area contributed by atoms with Crippen molar-refractivity contribution in [3.63, 3.8) is 0 Å². The fraction of sp³-hybridized carbons (Fsp3) is 0.708. The highest BCUT2D eigenvalue weighted by Gasteiger charge is 2.21. The highest BCUT2D eigenvalue weighted by molar-refractivity contribution is 5.72. The summed E-state index contributed by atoms with van der Waals surface area (Å²) in [4.78, 5) is 12.1. The van der Waals surface area contributed by atoms with Gasteiger partial charge in [0.2, 0.25) is 0 Å². The summed E-state index contributed by atoms with van der Waals surface area (Å²) in [6.45, 7) is -0.603. The van der Waals surface area contributed by atoms with E-state index in [9.17, 15) is 13.6 Å². The van der Waals surface area contributed by atoms with Gasteiger partial charge < -0.3 is 9.47 Å². The van der Waals surface area contributed by atoms with Crippen molar-refractivity contribution in [1.82, 2.24) is 0 Å². The lowest BCUT2D eigenvalue weighted by atomic mass is 9.78. The van der Waals surface area contributed by atoms with Gasteiger partial charge in [0.15, 0.2) is 0 Å². The van der Waals surface area contributed by atoms with E-state index >= 15 is 0 Å². The van der Waals surface area contributed by atoms with Gasteiger partial charge in [-0.3, -0.25) is 4.79 Å². The SMILES string of the molecule is CCCCCCCC[C@H]1CC[C@H](CCC(=O)Oc2ccc(OC(F)F)cc2)CC1. The Morgan fingerprint density at radius 2 is 1.45 bits per heavy atom. The van der Waals surface area contributed by atoms with Crippen LogP contribution >= 0.6 is 0 Å². The molecule has 0 heterocycles. The zero-order valence-corrected chi connectivity index (χ0v) is 17.7. The molecule has 0 spiro atoms. The molecule has 1 aliphatic rings. The van der Waals surface area contributed by atoms with Crippen molar-refractivity contribution in [2.45, 2.75) is 97.0 Å². The minimum atomic E-state index is -2.86. The fourth-order valence-corrected chi connectivity index (χ4v) is 4.22. The van der Waals surface area contributed by atoms with E-state index in [0.29, 0.717) is 18.1 Å². The smallest absolute Gasteiger partial charge is 0.387 e. The molecular weight excluding hydrogens is 374 g/mol. The van der Waals surface area contributed by atoms with Crippen LogP contribution in [0.5, 0.6) is 11.5 Å². The van der Waals surface area contributed by atoms with E-state index in [1.165, 1.54) is 94.9 Å². The van der Waals surface area contributed by atoms with Crippen molar-refractivity contribution < 1.29 is 23.0 Å². The van der Waals surface area contributed by atoms with Gasteiger partial charge in [0.1, 0.15) is 11.5 Å². The maximum Gasteiger partial charge on any atom is 0.387 e. The number of carbonyl (C=O) groups is 1. The van der Waals surface area contributed by atoms with Crippen molar-refractivity contribution in [3.8, 4) is 11.5 Å². The molecule has 29 heavy (non-hydrogen) atoms. The number of esters is 1. The molecule has 0 radical (unpaired) electrons. The van der Waals surface area contributed by atoms with E-state index in [1.807, 2.05) is 0 Å². The molecule has 3 nitrogen and oxygen atoms in total. The van der Waals surface area contributed by atoms with Gasteiger partial charge >= 0.3 is 12.6 Å². The van der Waals surface area contributed by atoms with Crippen LogP contribution in [0, 0.1) is 11.8 Å². The van der Waals surface area contributed by atoms with Crippen LogP contribution in [0.2, 0.25) is 0 Å². The van der Waals surface area contributed by atoms with Gasteiger partial charge in [-0.15, -0.1) is 0 Å². The second-order valence-corrected chi connectivity index (χ2v) is 8.31. The summed E-state index contributed by atoms with van der Waals surface area (Å²) in [6.07, 6.45) is 15.8. The minimum absolute atomic E-state index is 0.0533. The number of benzene rings is 1. The van der Waals surface area contributed by atoms with Crippen LogP contribution in [0.1, 0.15) is 90.4 Å². The van der Waals surface area contributed by atoms with Crippen LogP contribution in [0.25, 0.3) is 0 Å². The number of hydrogen-bond acceptors (Lipinski definition) is 3. The standard InChI is InChI=1S/C24H36F2O3/c1-2-3-4-5-6-7-8-19-9-11-20(12-10-19)13-18-23(27)28-21-14-16-22(17-15-21)29-24(25)26/h14-17,19-20,24H,2-13,18H2,1H3/t19-,20-. The fourth-order valence-electron chi connectivity index (χ4n) is 4.22. The third-order valence-corrected chi connectivity index (χ3v) is 5.97. The van der Waals surface area contributed by atoms with Gasteiger partial charge in [-0.1, -0.05) is 77.6 Å². The first kappa shape index (κ1) is 23.6. The summed E-state index contributed by atoms with van der Waals surface area (Å²) >= 11 is 0. The predicted molar refractivity (Wildman–Crippen MR) is 111 cm³/mol. The molecule has 1 aromatic rings. The van der Waals surface area contributed by atoms with Crippen LogP contribution in [0.3, 0.4) is 0 Å². The van der Waals surface area contributed by atoms with Crippen LogP contribution in [-0.2, 0) is 4.79 Å². The lowest BCUT2D eigenvalue weighted by molar-refractivity contribution is -0.134. The summed E-state index contributed by atoms with van der Waals surface area (Å²) in [5, 5.41) is 0. The van der Waals surface area contributed by atoms with Gasteiger partial charge in [-0.2, -0.15) is 8.78 Å². The number of alkyl halides is 2. The van der Waals surface area contributed by atoms with Gasteiger partial charge in [-0.25, -0.2) is 0 Å². The minimum Gasteiger partial charge on any atom is -0.435 e. The van der Waals surface area contributed by atoms with Crippen molar-refractivity contribution in [2.24, 2.45) is 11.8 Å². The second kappa shape index (κ2) is 13.6. The first-order valence-electron chi connectivity index (χ1n) is 11.3. The third-order valence-electron chi connectivity index (χ3n) is 5.97. The largest absolute Gasteiger partial charge is 0.435 e. The van der Waals surface area contributed by atoms with E-state index < -0.39 is 6.61 Å². The topological polar surface area (TPSA) is 35.5 Å². The lowest BCUT2D eigenvalue weighted by Crippen LogP contribution is -2.17. The monoisotopic (exact) mass is 410 g/mol. The lowest BCUT2D eigenvalue weighted by Gasteiger charge is -2.28. The number of hydrogen-bond donors (Lipinski definition) is 0. The van der Waals surface area contributed by atoms with Gasteiger partial charge in [0.25, 0.3) is 0 Å². The zero-order chi connectivity index (χ0) is 20.9. The van der Waals surface area contributed by atoms with Crippen molar-refractivity contribution in [3.05, 3.63) is 24.3 Å². The van der Waals surface area contributed by atoms with Crippen molar-refractivity contribution in [2.75, 3.05) is 0 Å². The van der Waals surface area contributed by atoms with Crippen molar-refractivity contribution >= 4 is 5.97 Å². The van der Waals surface area contributed by atoms with Gasteiger partial charge in [0.05, 0.1) is 0 Å². The number of ether oxygens (including phenoxy) is 2. The molecule has 0 N–H and O–H groups in total. The van der Waals surface area contributed by atoms with E-state index in [1.54, 1.807) is 0 Å². The molecule has 5 heteroatoms. The van der Waals surface area contributed by atoms with Crippen LogP contribution in [0.15, 0.2) is 24.3 Å². The third kappa shape index (κ3) is 10.1. The normalized spacial score (nSPS) is 19.3. The Labute approximate surface area is 174 Å². The molecule has 1 aromatic carbocycles. The maximum absolute atomic E-state index is 12.1. The number of rotatable bonds is 13. The average Bonchev–Trinajstić information content (AvgIpc) is 2.71. The molecule has 0 amide bonds. The first-order chi connectivity index (χ1) is 14.1. The number of halogens is 2. The summed E-state index contributed by atoms with van der Waals surface area (Å²) in [5.41, 5.74) is 0. The van der Waals surface area contributed by atoms with E-state index in [4.69, 9.17) is 4.74 Å². The average molecular weight is 411 g/mol. The summed E-state index contributed by atoms with van der Waals surface area (Å²) in [5.74, 6) is 1.64. The van der Waals surface area contributed by atoms with E-state index in [0.717, 1.165) is 12.3 Å². The Morgan fingerprint density at radius 1 is 0.897 bits per heavy atom. The first-order valence-corrected chi connectivity index (χ1v) is 11.3.